The molecule has 1 aliphatic carbocycles. The van der Waals surface area contributed by atoms with Gasteiger partial charge in [0, 0.05) is 18.3 Å². The minimum absolute atomic E-state index is 0.0134. The SMILES string of the molecule is COC1C(O)CCC(O)(C(Cc2ccc(C)cc2)SC)C1C1(C)OC1CC=C(C)C. The fourth-order valence-electron chi connectivity index (χ4n) is 5.26. The number of aryl methyl sites for hydroxylation is 1. The summed E-state index contributed by atoms with van der Waals surface area (Å²) in [4.78, 5) is 0. The third kappa shape index (κ3) is 4.66. The van der Waals surface area contributed by atoms with Crippen molar-refractivity contribution in [3.8, 4) is 0 Å². The van der Waals surface area contributed by atoms with Gasteiger partial charge in [0.15, 0.2) is 0 Å². The van der Waals surface area contributed by atoms with Gasteiger partial charge in [-0.3, -0.25) is 0 Å². The predicted molar refractivity (Wildman–Crippen MR) is 124 cm³/mol. The highest BCUT2D eigenvalue weighted by Gasteiger charge is 2.68. The molecule has 7 unspecified atom stereocenters. The van der Waals surface area contributed by atoms with E-state index in [4.69, 9.17) is 9.47 Å². The number of allylic oxidation sites excluding steroid dienone is 1. The molecule has 1 aliphatic heterocycles. The summed E-state index contributed by atoms with van der Waals surface area (Å²) in [6.07, 6.45) is 5.93. The van der Waals surface area contributed by atoms with Crippen LogP contribution in [0.4, 0.5) is 0 Å². The van der Waals surface area contributed by atoms with Gasteiger partial charge in [0.2, 0.25) is 0 Å². The maximum atomic E-state index is 12.2. The second kappa shape index (κ2) is 9.33. The first-order valence-corrected chi connectivity index (χ1v) is 12.3. The van der Waals surface area contributed by atoms with E-state index in [1.807, 2.05) is 0 Å². The maximum absolute atomic E-state index is 12.2. The lowest BCUT2D eigenvalue weighted by atomic mass is 9.63. The standard InChI is InChI=1S/C25H38O4S/c1-16(2)7-12-20-24(4,29-20)23-22(28-5)19(26)13-14-25(23,27)21(30-6)15-18-10-8-17(3)9-11-18/h7-11,19-23,26-27H,12-15H2,1-6H3. The minimum atomic E-state index is -0.987. The van der Waals surface area contributed by atoms with Crippen molar-refractivity contribution in [2.45, 2.75) is 88.1 Å². The van der Waals surface area contributed by atoms with E-state index in [0.717, 1.165) is 12.8 Å². The van der Waals surface area contributed by atoms with Crippen LogP contribution in [-0.4, -0.2) is 58.3 Å². The van der Waals surface area contributed by atoms with Crippen LogP contribution in [0.15, 0.2) is 35.9 Å². The van der Waals surface area contributed by atoms with Crippen molar-refractivity contribution in [3.63, 3.8) is 0 Å². The Bertz CT molecular complexity index is 744. The fraction of sp³-hybridized carbons (Fsp3) is 0.680. The number of thioether (sulfide) groups is 1. The average molecular weight is 435 g/mol. The van der Waals surface area contributed by atoms with Crippen molar-refractivity contribution in [2.75, 3.05) is 13.4 Å². The van der Waals surface area contributed by atoms with Gasteiger partial charge in [-0.05, 0) is 65.2 Å². The normalized spacial score (nSPS) is 36.9. The molecule has 5 heteroatoms. The molecule has 7 atom stereocenters. The Morgan fingerprint density at radius 1 is 1.33 bits per heavy atom. The zero-order valence-corrected chi connectivity index (χ0v) is 20.0. The molecule has 1 saturated carbocycles. The summed E-state index contributed by atoms with van der Waals surface area (Å²) in [5, 5.41) is 22.9. The molecule has 0 amide bonds. The van der Waals surface area contributed by atoms with Crippen LogP contribution in [0.5, 0.6) is 0 Å². The van der Waals surface area contributed by atoms with E-state index in [2.05, 4.69) is 64.3 Å². The summed E-state index contributed by atoms with van der Waals surface area (Å²) < 4.78 is 12.0. The van der Waals surface area contributed by atoms with E-state index in [-0.39, 0.29) is 17.3 Å². The van der Waals surface area contributed by atoms with Crippen molar-refractivity contribution < 1.29 is 19.7 Å². The van der Waals surface area contributed by atoms with Gasteiger partial charge in [-0.15, -0.1) is 0 Å². The smallest absolute Gasteiger partial charge is 0.100 e. The summed E-state index contributed by atoms with van der Waals surface area (Å²) in [6, 6.07) is 8.54. The van der Waals surface area contributed by atoms with Gasteiger partial charge in [-0.1, -0.05) is 41.5 Å². The zero-order valence-electron chi connectivity index (χ0n) is 19.2. The van der Waals surface area contributed by atoms with Crippen molar-refractivity contribution in [1.82, 2.24) is 0 Å². The summed E-state index contributed by atoms with van der Waals surface area (Å²) >= 11 is 1.70. The van der Waals surface area contributed by atoms with Crippen molar-refractivity contribution in [2.24, 2.45) is 5.92 Å². The quantitative estimate of drug-likeness (QED) is 0.472. The fourth-order valence-corrected chi connectivity index (χ4v) is 6.29. The zero-order chi connectivity index (χ0) is 22.1. The van der Waals surface area contributed by atoms with Gasteiger partial charge in [-0.25, -0.2) is 0 Å². The summed E-state index contributed by atoms with van der Waals surface area (Å²) in [5.41, 5.74) is 2.21. The second-order valence-electron chi connectivity index (χ2n) is 9.50. The number of hydrogen-bond donors (Lipinski definition) is 2. The Morgan fingerprint density at radius 2 is 2.00 bits per heavy atom. The van der Waals surface area contributed by atoms with Crippen molar-refractivity contribution in [3.05, 3.63) is 47.0 Å². The van der Waals surface area contributed by atoms with Crippen LogP contribution in [0.3, 0.4) is 0 Å². The molecule has 2 fully saturated rings. The molecular formula is C25H38O4S. The first kappa shape index (κ1) is 23.8. The number of hydrogen-bond acceptors (Lipinski definition) is 5. The summed E-state index contributed by atoms with van der Waals surface area (Å²) in [5.74, 6) is -0.294. The lowest BCUT2D eigenvalue weighted by molar-refractivity contribution is -0.178. The molecule has 1 aromatic rings. The Balaban J connectivity index is 1.92. The van der Waals surface area contributed by atoms with E-state index >= 15 is 0 Å². The van der Waals surface area contributed by atoms with E-state index in [1.54, 1.807) is 18.9 Å². The highest BCUT2D eigenvalue weighted by Crippen LogP contribution is 2.56. The Kier molecular flexibility index (Phi) is 7.41. The molecule has 2 aliphatic rings. The topological polar surface area (TPSA) is 62.2 Å². The lowest BCUT2D eigenvalue weighted by Crippen LogP contribution is -2.63. The van der Waals surface area contributed by atoms with Crippen LogP contribution >= 0.6 is 11.8 Å². The van der Waals surface area contributed by atoms with Gasteiger partial charge in [-0.2, -0.15) is 11.8 Å². The minimum Gasteiger partial charge on any atom is -0.390 e. The predicted octanol–water partition coefficient (Wildman–Crippen LogP) is 4.30. The van der Waals surface area contributed by atoms with E-state index in [1.165, 1.54) is 16.7 Å². The van der Waals surface area contributed by atoms with Gasteiger partial charge >= 0.3 is 0 Å². The molecule has 4 nitrogen and oxygen atoms in total. The Hall–Kier alpha value is -0.850. The van der Waals surface area contributed by atoms with Gasteiger partial charge in [0.05, 0.1) is 23.9 Å². The van der Waals surface area contributed by atoms with Gasteiger partial charge < -0.3 is 19.7 Å². The number of ether oxygens (including phenoxy) is 2. The summed E-state index contributed by atoms with van der Waals surface area (Å²) in [7, 11) is 1.64. The lowest BCUT2D eigenvalue weighted by Gasteiger charge is -2.51. The average Bonchev–Trinajstić information content (AvgIpc) is 3.37. The highest BCUT2D eigenvalue weighted by atomic mass is 32.2. The third-order valence-electron chi connectivity index (χ3n) is 7.08. The molecule has 0 spiro atoms. The molecule has 1 aromatic carbocycles. The third-order valence-corrected chi connectivity index (χ3v) is 8.22. The number of rotatable bonds is 8. The first-order valence-electron chi connectivity index (χ1n) is 11.0. The maximum Gasteiger partial charge on any atom is 0.100 e. The van der Waals surface area contributed by atoms with Crippen LogP contribution in [0.2, 0.25) is 0 Å². The molecule has 0 aromatic heterocycles. The van der Waals surface area contributed by atoms with Crippen LogP contribution < -0.4 is 0 Å². The molecule has 2 N–H and O–H groups in total. The molecule has 30 heavy (non-hydrogen) atoms. The number of methoxy groups -OCH3 is 1. The number of aliphatic hydroxyl groups excluding tert-OH is 1. The second-order valence-corrected chi connectivity index (χ2v) is 10.5. The Labute approximate surface area is 186 Å². The summed E-state index contributed by atoms with van der Waals surface area (Å²) in [6.45, 7) is 8.34. The van der Waals surface area contributed by atoms with Crippen LogP contribution in [0.25, 0.3) is 0 Å². The van der Waals surface area contributed by atoms with E-state index in [9.17, 15) is 10.2 Å². The molecule has 168 valence electrons. The number of aliphatic hydroxyl groups is 2. The molecule has 3 rings (SSSR count). The van der Waals surface area contributed by atoms with E-state index in [0.29, 0.717) is 12.8 Å². The molecule has 1 saturated heterocycles. The first-order chi connectivity index (χ1) is 14.2. The van der Waals surface area contributed by atoms with Gasteiger partial charge in [0.25, 0.3) is 0 Å². The Morgan fingerprint density at radius 3 is 2.57 bits per heavy atom. The number of epoxide rings is 1. The largest absolute Gasteiger partial charge is 0.390 e. The van der Waals surface area contributed by atoms with Crippen LogP contribution in [0, 0.1) is 12.8 Å². The molecule has 0 radical (unpaired) electrons. The van der Waals surface area contributed by atoms with Gasteiger partial charge in [0.1, 0.15) is 5.60 Å². The van der Waals surface area contributed by atoms with Crippen molar-refractivity contribution >= 4 is 11.8 Å². The molecular weight excluding hydrogens is 396 g/mol. The highest BCUT2D eigenvalue weighted by molar-refractivity contribution is 7.99. The van der Waals surface area contributed by atoms with Crippen molar-refractivity contribution in [1.29, 1.82) is 0 Å². The monoisotopic (exact) mass is 434 g/mol. The number of benzene rings is 1. The van der Waals surface area contributed by atoms with E-state index < -0.39 is 23.4 Å². The van der Waals surface area contributed by atoms with Crippen LogP contribution in [0.1, 0.15) is 51.2 Å². The van der Waals surface area contributed by atoms with Crippen LogP contribution in [-0.2, 0) is 15.9 Å². The molecule has 0 bridgehead atoms. The molecule has 1 heterocycles.